The van der Waals surface area contributed by atoms with Gasteiger partial charge in [0.05, 0.1) is 0 Å². The maximum atomic E-state index is 2.34. The normalized spacial score (nSPS) is 10.6. The minimum atomic E-state index is 0. The Morgan fingerprint density at radius 1 is 0.180 bits per heavy atom. The van der Waals surface area contributed by atoms with E-state index >= 15 is 0 Å². The van der Waals surface area contributed by atoms with E-state index in [-0.39, 0.29) is 1.43 Å². The van der Waals surface area contributed by atoms with E-state index < -0.39 is 0 Å². The molecule has 0 heterocycles. The molecule has 0 aliphatic carbocycles. The summed E-state index contributed by atoms with van der Waals surface area (Å²) < 4.78 is 2.52. The molecule has 8 aromatic rings. The van der Waals surface area contributed by atoms with E-state index in [1.807, 2.05) is 12.1 Å². The summed E-state index contributed by atoms with van der Waals surface area (Å²) in [5, 5.41) is 0. The summed E-state index contributed by atoms with van der Waals surface area (Å²) in [6, 6.07) is 73.4. The van der Waals surface area contributed by atoms with Crippen LogP contribution in [0.3, 0.4) is 0 Å². The molecule has 0 unspecified atom stereocenters. The van der Waals surface area contributed by atoms with Crippen LogP contribution in [0.4, 0.5) is 0 Å². The lowest BCUT2D eigenvalue weighted by molar-refractivity contribution is 1.56. The highest BCUT2D eigenvalue weighted by atomic mass is 127. The highest BCUT2D eigenvalue weighted by Gasteiger charge is 2.04. The molecule has 0 aliphatic heterocycles. The molecule has 0 saturated heterocycles. The van der Waals surface area contributed by atoms with E-state index in [9.17, 15) is 0 Å². The number of hydrogen-bond donors (Lipinski definition) is 0. The molecule has 2 heteroatoms. The molecule has 8 rings (SSSR count). The number of benzene rings is 8. The highest BCUT2D eigenvalue weighted by Crippen LogP contribution is 2.29. The van der Waals surface area contributed by atoms with E-state index in [4.69, 9.17) is 0 Å². The van der Waals surface area contributed by atoms with Crippen LogP contribution in [0.15, 0.2) is 206 Å². The molecule has 0 bridgehead atoms. The van der Waals surface area contributed by atoms with Gasteiger partial charge < -0.3 is 0 Å². The van der Waals surface area contributed by atoms with E-state index in [1.54, 1.807) is 0 Å². The third-order valence-corrected chi connectivity index (χ3v) is 10.2. The van der Waals surface area contributed by atoms with Gasteiger partial charge in [0.2, 0.25) is 0 Å². The average molecular weight is 868 g/mol. The Bertz CT molecular complexity index is 2080. The largest absolute Gasteiger partial charge is 0.0622 e. The zero-order chi connectivity index (χ0) is 34.1. The number of hydrogen-bond acceptors (Lipinski definition) is 0. The van der Waals surface area contributed by atoms with Crippen LogP contribution in [-0.2, 0) is 0 Å². The average Bonchev–Trinajstić information content (AvgIpc) is 3.20. The van der Waals surface area contributed by atoms with Crippen LogP contribution in [0, 0.1) is 7.14 Å². The molecule has 0 fully saturated rings. The molecule has 242 valence electrons. The van der Waals surface area contributed by atoms with Gasteiger partial charge in [-0.1, -0.05) is 182 Å². The van der Waals surface area contributed by atoms with Crippen molar-refractivity contribution < 1.29 is 1.43 Å². The Hall–Kier alpha value is -4.78. The van der Waals surface area contributed by atoms with Gasteiger partial charge in [-0.05, 0) is 136 Å². The smallest absolute Gasteiger partial charge is 0.0130 e. The molecule has 0 atom stereocenters. The van der Waals surface area contributed by atoms with Gasteiger partial charge in [-0.15, -0.1) is 0 Å². The SMILES string of the molecule is Ic1ccc(-c2ccc(-c3ccc(-c4ccc(I)cc4)cc3)cc2)cc1.[2HH].c1ccc(-c2ccc(-c3ccc(-c4ccccc4)cc3)cc2)cc1. The van der Waals surface area contributed by atoms with Crippen molar-refractivity contribution in [1.29, 1.82) is 0 Å². The molecule has 0 radical (unpaired) electrons. The minimum Gasteiger partial charge on any atom is -0.0622 e. The van der Waals surface area contributed by atoms with Crippen LogP contribution in [-0.4, -0.2) is 0 Å². The summed E-state index contributed by atoms with van der Waals surface area (Å²) >= 11 is 4.67. The van der Waals surface area contributed by atoms with Gasteiger partial charge in [-0.2, -0.15) is 0 Å². The fraction of sp³-hybridized carbons (Fsp3) is 0. The molecule has 50 heavy (non-hydrogen) atoms. The quantitative estimate of drug-likeness (QED) is 0.146. The first kappa shape index (κ1) is 33.7. The van der Waals surface area contributed by atoms with Gasteiger partial charge in [0, 0.05) is 8.57 Å². The molecule has 8 aromatic carbocycles. The van der Waals surface area contributed by atoms with Crippen molar-refractivity contribution in [2.75, 3.05) is 0 Å². The van der Waals surface area contributed by atoms with Crippen molar-refractivity contribution in [2.24, 2.45) is 0 Å². The first-order valence-electron chi connectivity index (χ1n) is 16.6. The minimum absolute atomic E-state index is 0. The standard InChI is InChI=1S/C24H16I2.C24H18.H2/c25-23-13-9-21(10-14-23)19-5-1-17(2-6-19)18-3-7-20(8-4-18)22-11-15-24(26)16-12-22;1-3-7-19(8-4-1)21-11-15-23(16-12-21)24-17-13-22(14-18-24)20-9-5-2-6-10-20;/h1-16H;1-18H;1H/i;;1+1. The van der Waals surface area contributed by atoms with Crippen LogP contribution in [0.2, 0.25) is 0 Å². The molecular formula is C48H36I2. The van der Waals surface area contributed by atoms with Gasteiger partial charge in [0.15, 0.2) is 0 Å². The third kappa shape index (κ3) is 8.50. The van der Waals surface area contributed by atoms with Crippen molar-refractivity contribution in [1.82, 2.24) is 0 Å². The summed E-state index contributed by atoms with van der Waals surface area (Å²) in [5.74, 6) is 0. The molecule has 0 amide bonds. The van der Waals surface area contributed by atoms with Crippen molar-refractivity contribution in [3.8, 4) is 66.8 Å². The lowest BCUT2D eigenvalue weighted by Crippen LogP contribution is -1.82. The lowest BCUT2D eigenvalue weighted by atomic mass is 9.98. The molecule has 0 nitrogen and oxygen atoms in total. The van der Waals surface area contributed by atoms with Gasteiger partial charge in [-0.25, -0.2) is 0 Å². The molecule has 0 N–H and O–H groups in total. The first-order chi connectivity index (χ1) is 24.6. The molecule has 0 aliphatic rings. The summed E-state index contributed by atoms with van der Waals surface area (Å²) in [5.41, 5.74) is 15.0. The fourth-order valence-corrected chi connectivity index (χ4v) is 6.69. The van der Waals surface area contributed by atoms with Gasteiger partial charge >= 0.3 is 0 Å². The van der Waals surface area contributed by atoms with E-state index in [0.717, 1.165) is 0 Å². The van der Waals surface area contributed by atoms with E-state index in [2.05, 4.69) is 239 Å². The fourth-order valence-electron chi connectivity index (χ4n) is 5.97. The Balaban J connectivity index is 0.000000173. The third-order valence-electron chi connectivity index (χ3n) is 8.78. The Morgan fingerprint density at radius 2 is 0.320 bits per heavy atom. The van der Waals surface area contributed by atoms with Crippen LogP contribution in [0.25, 0.3) is 66.8 Å². The summed E-state index contributed by atoms with van der Waals surface area (Å²) in [6.07, 6.45) is 0. The first-order valence-corrected chi connectivity index (χ1v) is 18.8. The van der Waals surface area contributed by atoms with Gasteiger partial charge in [0.25, 0.3) is 0 Å². The summed E-state index contributed by atoms with van der Waals surface area (Å²) in [6.45, 7) is 0. The van der Waals surface area contributed by atoms with Gasteiger partial charge in [-0.3, -0.25) is 0 Å². The topological polar surface area (TPSA) is 0 Å². The Labute approximate surface area is 324 Å². The van der Waals surface area contributed by atoms with Crippen LogP contribution in [0.5, 0.6) is 0 Å². The highest BCUT2D eigenvalue weighted by molar-refractivity contribution is 14.1. The monoisotopic (exact) mass is 867 g/mol. The molecule has 0 saturated carbocycles. The predicted molar refractivity (Wildman–Crippen MR) is 233 cm³/mol. The second-order valence-electron chi connectivity index (χ2n) is 12.1. The zero-order valence-electron chi connectivity index (χ0n) is 27.4. The predicted octanol–water partition coefficient (Wildman–Crippen LogP) is 14.8. The van der Waals surface area contributed by atoms with E-state index in [0.29, 0.717) is 0 Å². The molecular weight excluding hydrogens is 830 g/mol. The van der Waals surface area contributed by atoms with Crippen LogP contribution < -0.4 is 0 Å². The second kappa shape index (κ2) is 16.3. The summed E-state index contributed by atoms with van der Waals surface area (Å²) in [4.78, 5) is 0. The van der Waals surface area contributed by atoms with Crippen molar-refractivity contribution >= 4 is 45.2 Å². The van der Waals surface area contributed by atoms with Crippen molar-refractivity contribution in [3.63, 3.8) is 0 Å². The van der Waals surface area contributed by atoms with Crippen LogP contribution >= 0.6 is 45.2 Å². The Morgan fingerprint density at radius 3 is 0.500 bits per heavy atom. The van der Waals surface area contributed by atoms with Crippen molar-refractivity contribution in [2.45, 2.75) is 0 Å². The summed E-state index contributed by atoms with van der Waals surface area (Å²) in [7, 11) is 0. The number of rotatable bonds is 6. The van der Waals surface area contributed by atoms with Crippen LogP contribution in [0.1, 0.15) is 1.43 Å². The lowest BCUT2D eigenvalue weighted by Gasteiger charge is -2.07. The van der Waals surface area contributed by atoms with E-state index in [1.165, 1.54) is 73.9 Å². The number of halogens is 2. The maximum Gasteiger partial charge on any atom is 0.0130 e. The maximum absolute atomic E-state index is 2.34. The molecule has 0 spiro atoms. The second-order valence-corrected chi connectivity index (χ2v) is 14.5. The molecule has 0 aromatic heterocycles. The Kier molecular flexibility index (Phi) is 11.0. The zero-order valence-corrected chi connectivity index (χ0v) is 31.7. The van der Waals surface area contributed by atoms with Gasteiger partial charge in [0.1, 0.15) is 0 Å². The van der Waals surface area contributed by atoms with Crippen molar-refractivity contribution in [3.05, 3.63) is 213 Å².